The summed E-state index contributed by atoms with van der Waals surface area (Å²) in [4.78, 5) is 26.0. The minimum atomic E-state index is -0.489. The molecule has 1 aromatic heterocycles. The molecular weight excluding hydrogens is 308 g/mol. The van der Waals surface area contributed by atoms with E-state index in [0.717, 1.165) is 12.0 Å². The highest BCUT2D eigenvalue weighted by atomic mass is 16.5. The number of fused-ring (bicyclic) bond motifs is 1. The van der Waals surface area contributed by atoms with Crippen LogP contribution in [0.25, 0.3) is 6.08 Å². The van der Waals surface area contributed by atoms with Crippen LogP contribution in [-0.2, 0) is 22.7 Å². The van der Waals surface area contributed by atoms with E-state index < -0.39 is 5.60 Å². The number of ether oxygens (including phenoxy) is 1. The monoisotopic (exact) mass is 326 g/mol. The van der Waals surface area contributed by atoms with Crippen LogP contribution in [0.2, 0.25) is 0 Å². The van der Waals surface area contributed by atoms with Crippen LogP contribution in [-0.4, -0.2) is 44.3 Å². The van der Waals surface area contributed by atoms with Crippen molar-refractivity contribution in [2.24, 2.45) is 0 Å². The van der Waals surface area contributed by atoms with Gasteiger partial charge < -0.3 is 9.64 Å². The molecule has 2 aliphatic heterocycles. The number of carbonyl (C=O) groups excluding carboxylic acids is 1. The average Bonchev–Trinajstić information content (AvgIpc) is 3.19. The first-order valence-corrected chi connectivity index (χ1v) is 7.95. The zero-order valence-electron chi connectivity index (χ0n) is 13.1. The van der Waals surface area contributed by atoms with E-state index in [1.165, 1.54) is 0 Å². The van der Waals surface area contributed by atoms with Gasteiger partial charge in [-0.1, -0.05) is 30.3 Å². The van der Waals surface area contributed by atoms with Gasteiger partial charge in [-0.25, -0.2) is 9.89 Å². The highest BCUT2D eigenvalue weighted by Gasteiger charge is 2.44. The summed E-state index contributed by atoms with van der Waals surface area (Å²) < 4.78 is 7.56. The third-order valence-corrected chi connectivity index (χ3v) is 4.64. The summed E-state index contributed by atoms with van der Waals surface area (Å²) in [6, 6.07) is 9.71. The van der Waals surface area contributed by atoms with Crippen LogP contribution in [0.15, 0.2) is 41.2 Å². The van der Waals surface area contributed by atoms with Crippen molar-refractivity contribution < 1.29 is 9.53 Å². The molecule has 7 nitrogen and oxygen atoms in total. The van der Waals surface area contributed by atoms with Crippen LogP contribution >= 0.6 is 0 Å². The Labute approximate surface area is 138 Å². The van der Waals surface area contributed by atoms with Crippen molar-refractivity contribution in [3.63, 3.8) is 0 Å². The zero-order valence-corrected chi connectivity index (χ0v) is 13.1. The molecule has 0 saturated carbocycles. The Kier molecular flexibility index (Phi) is 3.57. The Morgan fingerprint density at radius 2 is 2.12 bits per heavy atom. The van der Waals surface area contributed by atoms with Crippen LogP contribution in [0.3, 0.4) is 0 Å². The number of rotatable bonds is 2. The molecule has 1 fully saturated rings. The third-order valence-electron chi connectivity index (χ3n) is 4.64. The highest BCUT2D eigenvalue weighted by Crippen LogP contribution is 2.31. The molecule has 1 aromatic carbocycles. The summed E-state index contributed by atoms with van der Waals surface area (Å²) in [7, 11) is 0. The van der Waals surface area contributed by atoms with Gasteiger partial charge >= 0.3 is 5.69 Å². The number of H-pyrrole nitrogens is 1. The van der Waals surface area contributed by atoms with Crippen LogP contribution < -0.4 is 5.69 Å². The first-order chi connectivity index (χ1) is 11.7. The van der Waals surface area contributed by atoms with Crippen molar-refractivity contribution in [2.75, 3.05) is 13.1 Å². The lowest BCUT2D eigenvalue weighted by Gasteiger charge is -2.33. The molecule has 2 aromatic rings. The lowest BCUT2D eigenvalue weighted by molar-refractivity contribution is -0.128. The maximum Gasteiger partial charge on any atom is 0.343 e. The molecule has 124 valence electrons. The quantitative estimate of drug-likeness (QED) is 0.827. The van der Waals surface area contributed by atoms with E-state index in [2.05, 4.69) is 10.2 Å². The summed E-state index contributed by atoms with van der Waals surface area (Å²) >= 11 is 0. The Hall–Kier alpha value is -2.67. The van der Waals surface area contributed by atoms with E-state index in [1.54, 1.807) is 15.5 Å². The fourth-order valence-electron chi connectivity index (χ4n) is 3.29. The number of benzene rings is 1. The van der Waals surface area contributed by atoms with E-state index in [9.17, 15) is 9.59 Å². The van der Waals surface area contributed by atoms with Gasteiger partial charge in [0.2, 0.25) is 5.91 Å². The smallest absolute Gasteiger partial charge is 0.343 e. The van der Waals surface area contributed by atoms with Gasteiger partial charge in [-0.15, -0.1) is 0 Å². The standard InChI is InChI=1S/C17H18N4O3/c22-15(7-6-13-4-2-1-3-5-13)20-9-8-17(11-20)12-21-14(10-24-17)18-19-16(21)23/h1-7H,8-12H2,(H,19,23). The van der Waals surface area contributed by atoms with Crippen LogP contribution in [0.5, 0.6) is 0 Å². The van der Waals surface area contributed by atoms with Gasteiger partial charge in [0.25, 0.3) is 0 Å². The second kappa shape index (κ2) is 5.76. The van der Waals surface area contributed by atoms with Gasteiger partial charge in [0.05, 0.1) is 13.1 Å². The normalized spacial score (nSPS) is 23.1. The molecule has 2 aliphatic rings. The zero-order chi connectivity index (χ0) is 16.6. The highest BCUT2D eigenvalue weighted by molar-refractivity contribution is 5.92. The molecule has 0 aliphatic carbocycles. The SMILES string of the molecule is O=C(C=Cc1ccccc1)N1CCC2(C1)Cn1c(n[nH]c1=O)CO2. The predicted molar refractivity (Wildman–Crippen MR) is 87.0 cm³/mol. The summed E-state index contributed by atoms with van der Waals surface area (Å²) in [5.41, 5.74) is 0.279. The summed E-state index contributed by atoms with van der Waals surface area (Å²) in [6.07, 6.45) is 4.12. The number of carbonyl (C=O) groups is 1. The number of aromatic amines is 1. The number of nitrogens with zero attached hydrogens (tertiary/aromatic N) is 3. The van der Waals surface area contributed by atoms with Crippen molar-refractivity contribution >= 4 is 12.0 Å². The second-order valence-corrected chi connectivity index (χ2v) is 6.26. The van der Waals surface area contributed by atoms with E-state index in [4.69, 9.17) is 4.74 Å². The molecule has 3 heterocycles. The number of likely N-dealkylation sites (tertiary alicyclic amines) is 1. The first-order valence-electron chi connectivity index (χ1n) is 7.95. The molecule has 1 atom stereocenters. The molecule has 4 rings (SSSR count). The van der Waals surface area contributed by atoms with Gasteiger partial charge in [-0.3, -0.25) is 9.36 Å². The van der Waals surface area contributed by atoms with Crippen molar-refractivity contribution in [3.05, 3.63) is 58.3 Å². The van der Waals surface area contributed by atoms with E-state index in [1.807, 2.05) is 36.4 Å². The Bertz CT molecular complexity index is 839. The molecule has 1 amide bonds. The summed E-state index contributed by atoms with van der Waals surface area (Å²) in [5.74, 6) is 0.573. The molecule has 0 radical (unpaired) electrons. The maximum absolute atomic E-state index is 12.4. The van der Waals surface area contributed by atoms with Crippen molar-refractivity contribution in [1.29, 1.82) is 0 Å². The number of hydrogen-bond acceptors (Lipinski definition) is 4. The minimum Gasteiger partial charge on any atom is -0.363 e. The van der Waals surface area contributed by atoms with Crippen molar-refractivity contribution in [1.82, 2.24) is 19.7 Å². The fraction of sp³-hybridized carbons (Fsp3) is 0.353. The molecule has 1 saturated heterocycles. The van der Waals surface area contributed by atoms with Gasteiger partial charge in [0, 0.05) is 12.6 Å². The molecule has 0 bridgehead atoms. The molecule has 7 heteroatoms. The number of nitrogens with one attached hydrogen (secondary N) is 1. The van der Waals surface area contributed by atoms with Gasteiger partial charge in [-0.2, -0.15) is 5.10 Å². The third kappa shape index (κ3) is 2.67. The topological polar surface area (TPSA) is 80.2 Å². The Morgan fingerprint density at radius 1 is 1.29 bits per heavy atom. The largest absolute Gasteiger partial charge is 0.363 e. The van der Waals surface area contributed by atoms with Gasteiger partial charge in [-0.05, 0) is 18.1 Å². The lowest BCUT2D eigenvalue weighted by Crippen LogP contribution is -2.46. The Morgan fingerprint density at radius 3 is 2.96 bits per heavy atom. The van der Waals surface area contributed by atoms with Crippen molar-refractivity contribution in [2.45, 2.75) is 25.2 Å². The predicted octanol–water partition coefficient (Wildman–Crippen LogP) is 0.786. The Balaban J connectivity index is 1.45. The average molecular weight is 326 g/mol. The van der Waals surface area contributed by atoms with E-state index in [0.29, 0.717) is 32.1 Å². The number of hydrogen-bond donors (Lipinski definition) is 1. The summed E-state index contributed by atoms with van der Waals surface area (Å²) in [6.45, 7) is 1.84. The molecular formula is C17H18N4O3. The van der Waals surface area contributed by atoms with E-state index >= 15 is 0 Å². The second-order valence-electron chi connectivity index (χ2n) is 6.26. The summed E-state index contributed by atoms with van der Waals surface area (Å²) in [5, 5.41) is 6.38. The fourth-order valence-corrected chi connectivity index (χ4v) is 3.29. The maximum atomic E-state index is 12.4. The van der Waals surface area contributed by atoms with Gasteiger partial charge in [0.1, 0.15) is 12.2 Å². The molecule has 24 heavy (non-hydrogen) atoms. The number of amides is 1. The molecule has 1 unspecified atom stereocenters. The minimum absolute atomic E-state index is 0.0373. The van der Waals surface area contributed by atoms with Gasteiger partial charge in [0.15, 0.2) is 5.82 Å². The van der Waals surface area contributed by atoms with E-state index in [-0.39, 0.29) is 11.6 Å². The van der Waals surface area contributed by atoms with Crippen LogP contribution in [0, 0.1) is 0 Å². The molecule has 1 N–H and O–H groups in total. The number of aromatic nitrogens is 3. The first kappa shape index (κ1) is 14.9. The lowest BCUT2D eigenvalue weighted by atomic mass is 10.0. The molecule has 1 spiro atoms. The van der Waals surface area contributed by atoms with Crippen LogP contribution in [0.4, 0.5) is 0 Å². The van der Waals surface area contributed by atoms with Crippen molar-refractivity contribution in [3.8, 4) is 0 Å². The van der Waals surface area contributed by atoms with Crippen LogP contribution in [0.1, 0.15) is 17.8 Å².